The lowest BCUT2D eigenvalue weighted by Crippen LogP contribution is -2.40. The first-order valence-corrected chi connectivity index (χ1v) is 10.5. The van der Waals surface area contributed by atoms with Crippen molar-refractivity contribution in [3.05, 3.63) is 18.2 Å². The second kappa shape index (κ2) is 8.15. The zero-order valence-corrected chi connectivity index (χ0v) is 16.7. The number of ether oxygens (including phenoxy) is 2. The predicted octanol–water partition coefficient (Wildman–Crippen LogP) is 1.36. The first kappa shape index (κ1) is 20.1. The number of sulfonamides is 1. The predicted molar refractivity (Wildman–Crippen MR) is 101 cm³/mol. The average molecular weight is 410 g/mol. The Kier molecular flexibility index (Phi) is 5.84. The molecular weight excluding hydrogens is 388 g/mol. The summed E-state index contributed by atoms with van der Waals surface area (Å²) in [5.74, 6) is 0.753. The van der Waals surface area contributed by atoms with Gasteiger partial charge in [0.1, 0.15) is 11.5 Å². The highest BCUT2D eigenvalue weighted by Gasteiger charge is 2.29. The second-order valence-corrected chi connectivity index (χ2v) is 8.42. The van der Waals surface area contributed by atoms with Crippen LogP contribution in [0.5, 0.6) is 11.5 Å². The third-order valence-corrected chi connectivity index (χ3v) is 5.85. The van der Waals surface area contributed by atoms with Crippen LogP contribution in [0.25, 0.3) is 11.5 Å². The molecule has 28 heavy (non-hydrogen) atoms. The van der Waals surface area contributed by atoms with E-state index in [-0.39, 0.29) is 23.7 Å². The maximum atomic E-state index is 12.4. The molecule has 1 fully saturated rings. The Balaban J connectivity index is 1.66. The van der Waals surface area contributed by atoms with Gasteiger partial charge in [-0.3, -0.25) is 10.1 Å². The zero-order chi connectivity index (χ0) is 20.3. The molecule has 1 N–H and O–H groups in total. The van der Waals surface area contributed by atoms with Gasteiger partial charge in [-0.2, -0.15) is 0 Å². The largest absolute Gasteiger partial charge is 0.497 e. The summed E-state index contributed by atoms with van der Waals surface area (Å²) < 4.78 is 40.5. The van der Waals surface area contributed by atoms with E-state index in [1.807, 2.05) is 0 Å². The minimum absolute atomic E-state index is 0.0210. The lowest BCUT2D eigenvalue weighted by atomic mass is 9.97. The van der Waals surface area contributed by atoms with E-state index in [0.29, 0.717) is 43.0 Å². The standard InChI is InChI=1S/C17H22N4O6S/c1-25-13-8-12(9-14(10-13)26-2)16-19-20-17(27-16)18-15(22)11-4-6-21(7-5-11)28(3,23)24/h8-11H,4-7H2,1-3H3,(H,18,20,22). The van der Waals surface area contributed by atoms with Crippen LogP contribution in [-0.4, -0.2) is 62.4 Å². The number of hydrogen-bond acceptors (Lipinski definition) is 8. The lowest BCUT2D eigenvalue weighted by Gasteiger charge is -2.29. The number of methoxy groups -OCH3 is 2. The van der Waals surface area contributed by atoms with Crippen molar-refractivity contribution in [3.8, 4) is 23.0 Å². The number of piperidine rings is 1. The molecule has 1 aromatic heterocycles. The van der Waals surface area contributed by atoms with E-state index < -0.39 is 10.0 Å². The molecule has 3 rings (SSSR count). The molecule has 0 radical (unpaired) electrons. The average Bonchev–Trinajstić information content (AvgIpc) is 3.15. The van der Waals surface area contributed by atoms with Crippen molar-refractivity contribution in [2.45, 2.75) is 12.8 Å². The molecule has 1 aromatic carbocycles. The van der Waals surface area contributed by atoms with Gasteiger partial charge >= 0.3 is 6.01 Å². The molecule has 0 atom stereocenters. The fraction of sp³-hybridized carbons (Fsp3) is 0.471. The van der Waals surface area contributed by atoms with E-state index in [0.717, 1.165) is 0 Å². The van der Waals surface area contributed by atoms with Gasteiger partial charge < -0.3 is 13.9 Å². The molecule has 2 heterocycles. The van der Waals surface area contributed by atoms with Crippen LogP contribution in [0.3, 0.4) is 0 Å². The molecule has 0 unspecified atom stereocenters. The summed E-state index contributed by atoms with van der Waals surface area (Å²) in [7, 11) is -0.163. The van der Waals surface area contributed by atoms with E-state index in [4.69, 9.17) is 13.9 Å². The van der Waals surface area contributed by atoms with Crippen molar-refractivity contribution >= 4 is 21.9 Å². The molecule has 1 aliphatic rings. The van der Waals surface area contributed by atoms with E-state index in [9.17, 15) is 13.2 Å². The zero-order valence-electron chi connectivity index (χ0n) is 15.8. The Labute approximate surface area is 162 Å². The van der Waals surface area contributed by atoms with Crippen LogP contribution in [0, 0.1) is 5.92 Å². The molecule has 10 nitrogen and oxygen atoms in total. The smallest absolute Gasteiger partial charge is 0.322 e. The van der Waals surface area contributed by atoms with Crippen molar-refractivity contribution < 1.29 is 27.1 Å². The van der Waals surface area contributed by atoms with Gasteiger partial charge in [-0.15, -0.1) is 5.10 Å². The number of anilines is 1. The van der Waals surface area contributed by atoms with Gasteiger partial charge in [-0.1, -0.05) is 5.10 Å². The van der Waals surface area contributed by atoms with E-state index in [1.165, 1.54) is 24.8 Å². The van der Waals surface area contributed by atoms with Gasteiger partial charge in [0.2, 0.25) is 21.8 Å². The molecule has 1 amide bonds. The summed E-state index contributed by atoms with van der Waals surface area (Å²) in [6, 6.07) is 5.11. The van der Waals surface area contributed by atoms with Crippen molar-refractivity contribution in [2.24, 2.45) is 5.92 Å². The summed E-state index contributed by atoms with van der Waals surface area (Å²) in [4.78, 5) is 12.4. The Morgan fingerprint density at radius 1 is 1.14 bits per heavy atom. The molecule has 0 bridgehead atoms. The summed E-state index contributed by atoms with van der Waals surface area (Å²) in [6.07, 6.45) is 2.04. The minimum atomic E-state index is -3.23. The fourth-order valence-corrected chi connectivity index (χ4v) is 3.85. The van der Waals surface area contributed by atoms with E-state index in [1.54, 1.807) is 18.2 Å². The third kappa shape index (κ3) is 4.60. The Hall–Kier alpha value is -2.66. The van der Waals surface area contributed by atoms with Gasteiger partial charge in [-0.25, -0.2) is 12.7 Å². The van der Waals surface area contributed by atoms with Crippen LogP contribution in [0.1, 0.15) is 12.8 Å². The number of carbonyl (C=O) groups excluding carboxylic acids is 1. The topological polar surface area (TPSA) is 124 Å². The Bertz CT molecular complexity index is 928. The summed E-state index contributed by atoms with van der Waals surface area (Å²) in [6.45, 7) is 0.630. The number of amides is 1. The summed E-state index contributed by atoms with van der Waals surface area (Å²) in [5, 5.41) is 10.4. The number of nitrogens with zero attached hydrogens (tertiary/aromatic N) is 3. The lowest BCUT2D eigenvalue weighted by molar-refractivity contribution is -0.121. The molecule has 1 aliphatic heterocycles. The molecule has 0 aliphatic carbocycles. The number of carbonyl (C=O) groups is 1. The molecule has 1 saturated heterocycles. The highest BCUT2D eigenvalue weighted by molar-refractivity contribution is 7.88. The summed E-state index contributed by atoms with van der Waals surface area (Å²) in [5.41, 5.74) is 0.589. The summed E-state index contributed by atoms with van der Waals surface area (Å²) >= 11 is 0. The molecule has 152 valence electrons. The number of nitrogens with one attached hydrogen (secondary N) is 1. The van der Waals surface area contributed by atoms with E-state index >= 15 is 0 Å². The first-order chi connectivity index (χ1) is 13.3. The Morgan fingerprint density at radius 3 is 2.29 bits per heavy atom. The number of aromatic nitrogens is 2. The molecule has 11 heteroatoms. The quantitative estimate of drug-likeness (QED) is 0.757. The highest BCUT2D eigenvalue weighted by Crippen LogP contribution is 2.30. The van der Waals surface area contributed by atoms with Crippen molar-refractivity contribution in [3.63, 3.8) is 0 Å². The highest BCUT2D eigenvalue weighted by atomic mass is 32.2. The first-order valence-electron chi connectivity index (χ1n) is 8.63. The van der Waals surface area contributed by atoms with Crippen LogP contribution in [0.15, 0.2) is 22.6 Å². The van der Waals surface area contributed by atoms with E-state index in [2.05, 4.69) is 15.5 Å². The third-order valence-electron chi connectivity index (χ3n) is 4.55. The second-order valence-electron chi connectivity index (χ2n) is 6.44. The van der Waals surface area contributed by atoms with Gasteiger partial charge in [0, 0.05) is 30.6 Å². The SMILES string of the molecule is COc1cc(OC)cc(-c2nnc(NC(=O)C3CCN(S(C)(=O)=O)CC3)o2)c1. The molecule has 0 saturated carbocycles. The maximum Gasteiger partial charge on any atom is 0.322 e. The van der Waals surface area contributed by atoms with Gasteiger partial charge in [0.05, 0.1) is 20.5 Å². The Morgan fingerprint density at radius 2 is 1.75 bits per heavy atom. The minimum Gasteiger partial charge on any atom is -0.497 e. The monoisotopic (exact) mass is 410 g/mol. The molecule has 0 spiro atoms. The van der Waals surface area contributed by atoms with Crippen molar-refractivity contribution in [2.75, 3.05) is 38.9 Å². The number of rotatable bonds is 6. The van der Waals surface area contributed by atoms with Crippen LogP contribution < -0.4 is 14.8 Å². The number of hydrogen-bond donors (Lipinski definition) is 1. The number of benzene rings is 1. The normalized spacial score (nSPS) is 16.0. The van der Waals surface area contributed by atoms with Gasteiger partial charge in [-0.05, 0) is 25.0 Å². The van der Waals surface area contributed by atoms with Crippen LogP contribution in [-0.2, 0) is 14.8 Å². The van der Waals surface area contributed by atoms with Crippen LogP contribution in [0.4, 0.5) is 6.01 Å². The van der Waals surface area contributed by atoms with Gasteiger partial charge in [0.15, 0.2) is 0 Å². The molecule has 2 aromatic rings. The van der Waals surface area contributed by atoms with Crippen molar-refractivity contribution in [1.82, 2.24) is 14.5 Å². The molecular formula is C17H22N4O6S. The van der Waals surface area contributed by atoms with Crippen LogP contribution >= 0.6 is 0 Å². The maximum absolute atomic E-state index is 12.4. The van der Waals surface area contributed by atoms with Crippen molar-refractivity contribution in [1.29, 1.82) is 0 Å². The van der Waals surface area contributed by atoms with Gasteiger partial charge in [0.25, 0.3) is 0 Å². The fourth-order valence-electron chi connectivity index (χ4n) is 2.98. The van der Waals surface area contributed by atoms with Crippen LogP contribution in [0.2, 0.25) is 0 Å².